The Kier molecular flexibility index (Phi) is 6.15. The summed E-state index contributed by atoms with van der Waals surface area (Å²) in [6.45, 7) is 5.01. The third-order valence-corrected chi connectivity index (χ3v) is 3.45. The molecule has 0 aliphatic rings. The average molecular weight is 300 g/mol. The van der Waals surface area contributed by atoms with Crippen LogP contribution in [-0.4, -0.2) is 11.7 Å². The van der Waals surface area contributed by atoms with Gasteiger partial charge in [-0.2, -0.15) is 0 Å². The van der Waals surface area contributed by atoms with E-state index in [0.717, 1.165) is 29.3 Å². The number of aryl methyl sites for hydroxylation is 1. The highest BCUT2D eigenvalue weighted by molar-refractivity contribution is 7.08. The van der Waals surface area contributed by atoms with Crippen LogP contribution in [0.5, 0.6) is 11.5 Å². The first-order chi connectivity index (χ1) is 8.74. The second kappa shape index (κ2) is 7.38. The minimum absolute atomic E-state index is 0. The number of hydrogen-bond donors (Lipinski definition) is 2. The molecule has 3 nitrogen and oxygen atoms in total. The summed E-state index contributed by atoms with van der Waals surface area (Å²) in [4.78, 5) is 0. The smallest absolute Gasteiger partial charge is 0.143 e. The van der Waals surface area contributed by atoms with Crippen LogP contribution in [-0.2, 0) is 6.61 Å². The Labute approximate surface area is 123 Å². The van der Waals surface area contributed by atoms with E-state index in [4.69, 9.17) is 4.74 Å². The summed E-state index contributed by atoms with van der Waals surface area (Å²) in [5.74, 6) is 1.51. The number of benzene rings is 1. The second-order valence-corrected chi connectivity index (χ2v) is 4.77. The average Bonchev–Trinajstić information content (AvgIpc) is 2.81. The highest BCUT2D eigenvalue weighted by Crippen LogP contribution is 2.31. The molecule has 2 N–H and O–H groups in total. The monoisotopic (exact) mass is 299 g/mol. The number of aliphatic hydroxyl groups is 1. The molecule has 0 spiro atoms. The van der Waals surface area contributed by atoms with Gasteiger partial charge in [0.25, 0.3) is 0 Å². The SMILES string of the molecule is CCNc1cc(Oc2cscc2CO)ccc1C.Cl. The fourth-order valence-electron chi connectivity index (χ4n) is 1.69. The number of hydrogen-bond acceptors (Lipinski definition) is 4. The van der Waals surface area contributed by atoms with Gasteiger partial charge >= 0.3 is 0 Å². The highest BCUT2D eigenvalue weighted by atomic mass is 35.5. The molecule has 2 rings (SSSR count). The van der Waals surface area contributed by atoms with E-state index < -0.39 is 0 Å². The Bertz CT molecular complexity index is 528. The summed E-state index contributed by atoms with van der Waals surface area (Å²) in [6, 6.07) is 5.95. The molecule has 0 atom stereocenters. The Morgan fingerprint density at radius 3 is 2.79 bits per heavy atom. The molecule has 1 aromatic carbocycles. The first kappa shape index (κ1) is 15.8. The van der Waals surface area contributed by atoms with Crippen LogP contribution in [0.15, 0.2) is 29.0 Å². The summed E-state index contributed by atoms with van der Waals surface area (Å²) in [5.41, 5.74) is 3.10. The van der Waals surface area contributed by atoms with Gasteiger partial charge in [-0.25, -0.2) is 0 Å². The molecular formula is C14H18ClNO2S. The number of aliphatic hydroxyl groups excluding tert-OH is 1. The standard InChI is InChI=1S/C14H17NO2S.ClH/c1-3-15-13-6-12(5-4-10(13)2)17-14-9-18-8-11(14)7-16;/h4-6,8-9,15-16H,3,7H2,1-2H3;1H. The van der Waals surface area contributed by atoms with Crippen LogP contribution in [0.2, 0.25) is 0 Å². The van der Waals surface area contributed by atoms with Crippen LogP contribution in [0.4, 0.5) is 5.69 Å². The van der Waals surface area contributed by atoms with Crippen molar-refractivity contribution in [1.29, 1.82) is 0 Å². The molecule has 5 heteroatoms. The summed E-state index contributed by atoms with van der Waals surface area (Å²) >= 11 is 1.53. The largest absolute Gasteiger partial charge is 0.456 e. The summed E-state index contributed by atoms with van der Waals surface area (Å²) in [6.07, 6.45) is 0. The van der Waals surface area contributed by atoms with Crippen molar-refractivity contribution in [3.05, 3.63) is 40.1 Å². The lowest BCUT2D eigenvalue weighted by atomic mass is 10.2. The van der Waals surface area contributed by atoms with E-state index >= 15 is 0 Å². The number of thiophene rings is 1. The van der Waals surface area contributed by atoms with Crippen molar-refractivity contribution in [1.82, 2.24) is 0 Å². The fraction of sp³-hybridized carbons (Fsp3) is 0.286. The lowest BCUT2D eigenvalue weighted by Gasteiger charge is -2.11. The Morgan fingerprint density at radius 2 is 2.11 bits per heavy atom. The minimum atomic E-state index is 0. The summed E-state index contributed by atoms with van der Waals surface area (Å²) < 4.78 is 5.79. The van der Waals surface area contributed by atoms with Crippen LogP contribution >= 0.6 is 23.7 Å². The van der Waals surface area contributed by atoms with Crippen LogP contribution in [0, 0.1) is 6.92 Å². The van der Waals surface area contributed by atoms with E-state index in [0.29, 0.717) is 0 Å². The Balaban J connectivity index is 0.00000180. The van der Waals surface area contributed by atoms with Gasteiger partial charge < -0.3 is 15.2 Å². The third-order valence-electron chi connectivity index (χ3n) is 2.68. The molecule has 0 aliphatic heterocycles. The van der Waals surface area contributed by atoms with Crippen LogP contribution < -0.4 is 10.1 Å². The Morgan fingerprint density at radius 1 is 1.32 bits per heavy atom. The molecule has 2 aromatic rings. The van der Waals surface area contributed by atoms with E-state index in [2.05, 4.69) is 19.2 Å². The predicted molar refractivity (Wildman–Crippen MR) is 82.9 cm³/mol. The lowest BCUT2D eigenvalue weighted by molar-refractivity contribution is 0.277. The summed E-state index contributed by atoms with van der Waals surface area (Å²) in [7, 11) is 0. The van der Waals surface area contributed by atoms with E-state index in [1.54, 1.807) is 0 Å². The molecule has 19 heavy (non-hydrogen) atoms. The van der Waals surface area contributed by atoms with E-state index in [1.165, 1.54) is 16.9 Å². The molecular weight excluding hydrogens is 282 g/mol. The zero-order chi connectivity index (χ0) is 13.0. The van der Waals surface area contributed by atoms with E-state index in [1.807, 2.05) is 29.0 Å². The topological polar surface area (TPSA) is 41.5 Å². The highest BCUT2D eigenvalue weighted by Gasteiger charge is 2.06. The molecule has 1 heterocycles. The van der Waals surface area contributed by atoms with Gasteiger partial charge in [0.05, 0.1) is 6.61 Å². The molecule has 1 aromatic heterocycles. The molecule has 0 fully saturated rings. The molecule has 104 valence electrons. The van der Waals surface area contributed by atoms with Crippen LogP contribution in [0.25, 0.3) is 0 Å². The number of ether oxygens (including phenoxy) is 1. The van der Waals surface area contributed by atoms with Gasteiger partial charge in [-0.1, -0.05) is 6.07 Å². The van der Waals surface area contributed by atoms with Crippen molar-refractivity contribution in [2.24, 2.45) is 0 Å². The van der Waals surface area contributed by atoms with Crippen molar-refractivity contribution in [3.63, 3.8) is 0 Å². The minimum Gasteiger partial charge on any atom is -0.456 e. The predicted octanol–water partition coefficient (Wildman–Crippen LogP) is 4.19. The number of halogens is 1. The first-order valence-corrected chi connectivity index (χ1v) is 6.87. The van der Waals surface area contributed by atoms with Gasteiger partial charge in [0.2, 0.25) is 0 Å². The van der Waals surface area contributed by atoms with Gasteiger partial charge in [-0.3, -0.25) is 0 Å². The lowest BCUT2D eigenvalue weighted by Crippen LogP contribution is -1.99. The maximum Gasteiger partial charge on any atom is 0.143 e. The number of rotatable bonds is 5. The first-order valence-electron chi connectivity index (χ1n) is 5.93. The summed E-state index contributed by atoms with van der Waals surface area (Å²) in [5, 5.41) is 16.3. The third kappa shape index (κ3) is 3.86. The molecule has 0 bridgehead atoms. The zero-order valence-corrected chi connectivity index (χ0v) is 12.6. The van der Waals surface area contributed by atoms with E-state index in [-0.39, 0.29) is 19.0 Å². The van der Waals surface area contributed by atoms with Crippen LogP contribution in [0.3, 0.4) is 0 Å². The maximum absolute atomic E-state index is 9.18. The molecule has 0 radical (unpaired) electrons. The second-order valence-electron chi connectivity index (χ2n) is 4.03. The van der Waals surface area contributed by atoms with Crippen molar-refractivity contribution in [2.45, 2.75) is 20.5 Å². The molecule has 0 amide bonds. The van der Waals surface area contributed by atoms with Gasteiger partial charge in [0.15, 0.2) is 0 Å². The molecule has 0 unspecified atom stereocenters. The number of nitrogens with one attached hydrogen (secondary N) is 1. The Hall–Kier alpha value is -1.23. The van der Waals surface area contributed by atoms with Gasteiger partial charge in [0.1, 0.15) is 11.5 Å². The van der Waals surface area contributed by atoms with Crippen LogP contribution in [0.1, 0.15) is 18.1 Å². The maximum atomic E-state index is 9.18. The van der Waals surface area contributed by atoms with Gasteiger partial charge in [0, 0.05) is 34.6 Å². The van der Waals surface area contributed by atoms with Crippen molar-refractivity contribution in [3.8, 4) is 11.5 Å². The van der Waals surface area contributed by atoms with Crippen molar-refractivity contribution in [2.75, 3.05) is 11.9 Å². The van der Waals surface area contributed by atoms with Gasteiger partial charge in [-0.15, -0.1) is 23.7 Å². The molecule has 0 saturated carbocycles. The quantitative estimate of drug-likeness (QED) is 0.869. The fourth-order valence-corrected chi connectivity index (χ4v) is 2.44. The van der Waals surface area contributed by atoms with Crippen molar-refractivity contribution >= 4 is 29.4 Å². The number of anilines is 1. The van der Waals surface area contributed by atoms with Gasteiger partial charge in [-0.05, 0) is 25.5 Å². The molecule has 0 aliphatic carbocycles. The van der Waals surface area contributed by atoms with E-state index in [9.17, 15) is 5.11 Å². The van der Waals surface area contributed by atoms with Crippen molar-refractivity contribution < 1.29 is 9.84 Å². The zero-order valence-electron chi connectivity index (χ0n) is 11.0. The molecule has 0 saturated heterocycles. The normalized spacial score (nSPS) is 9.84.